The molecule has 1 N–H and O–H groups in total. The van der Waals surface area contributed by atoms with Crippen LogP contribution in [0.4, 0.5) is 10.1 Å². The van der Waals surface area contributed by atoms with Crippen LogP contribution in [-0.4, -0.2) is 13.1 Å². The Kier molecular flexibility index (Phi) is 4.03. The van der Waals surface area contributed by atoms with Crippen molar-refractivity contribution in [3.8, 4) is 0 Å². The first-order chi connectivity index (χ1) is 9.74. The zero-order chi connectivity index (χ0) is 13.9. The van der Waals surface area contributed by atoms with Gasteiger partial charge in [0.1, 0.15) is 5.82 Å². The SMILES string of the molecule is Fc1ccc(Br)c(CN2CCNCc3ccccc32)c1. The number of para-hydroxylation sites is 1. The van der Waals surface area contributed by atoms with Crippen LogP contribution in [0.1, 0.15) is 11.1 Å². The largest absolute Gasteiger partial charge is 0.366 e. The normalized spacial score (nSPS) is 14.8. The molecular formula is C16H16BrFN2. The number of benzene rings is 2. The first-order valence-electron chi connectivity index (χ1n) is 6.71. The summed E-state index contributed by atoms with van der Waals surface area (Å²) < 4.78 is 14.4. The summed E-state index contributed by atoms with van der Waals surface area (Å²) in [7, 11) is 0. The van der Waals surface area contributed by atoms with Crippen molar-refractivity contribution in [1.29, 1.82) is 0 Å². The summed E-state index contributed by atoms with van der Waals surface area (Å²) in [5, 5.41) is 3.42. The van der Waals surface area contributed by atoms with Gasteiger partial charge in [0, 0.05) is 36.3 Å². The standard InChI is InChI=1S/C16H16BrFN2/c17-15-6-5-14(18)9-13(15)11-20-8-7-19-10-12-3-1-2-4-16(12)20/h1-6,9,19H,7-8,10-11H2. The Morgan fingerprint density at radius 3 is 2.95 bits per heavy atom. The Bertz CT molecular complexity index is 615. The topological polar surface area (TPSA) is 15.3 Å². The van der Waals surface area contributed by atoms with Gasteiger partial charge in [0.05, 0.1) is 0 Å². The van der Waals surface area contributed by atoms with Crippen molar-refractivity contribution in [1.82, 2.24) is 5.32 Å². The molecule has 20 heavy (non-hydrogen) atoms. The molecule has 4 heteroatoms. The lowest BCUT2D eigenvalue weighted by Gasteiger charge is -2.25. The molecule has 0 bridgehead atoms. The first-order valence-corrected chi connectivity index (χ1v) is 7.51. The Morgan fingerprint density at radius 1 is 1.20 bits per heavy atom. The fraction of sp³-hybridized carbons (Fsp3) is 0.250. The molecule has 0 saturated carbocycles. The van der Waals surface area contributed by atoms with Gasteiger partial charge in [-0.1, -0.05) is 34.1 Å². The van der Waals surface area contributed by atoms with Crippen LogP contribution in [0, 0.1) is 5.82 Å². The van der Waals surface area contributed by atoms with Crippen molar-refractivity contribution in [2.75, 3.05) is 18.0 Å². The third kappa shape index (κ3) is 2.86. The number of nitrogens with one attached hydrogen (secondary N) is 1. The molecule has 0 saturated heterocycles. The van der Waals surface area contributed by atoms with Gasteiger partial charge in [-0.15, -0.1) is 0 Å². The molecule has 0 fully saturated rings. The number of halogens is 2. The number of hydrogen-bond donors (Lipinski definition) is 1. The van der Waals surface area contributed by atoms with Gasteiger partial charge >= 0.3 is 0 Å². The quantitative estimate of drug-likeness (QED) is 0.900. The van der Waals surface area contributed by atoms with Crippen LogP contribution in [0.25, 0.3) is 0 Å². The fourth-order valence-electron chi connectivity index (χ4n) is 2.56. The van der Waals surface area contributed by atoms with Crippen LogP contribution >= 0.6 is 15.9 Å². The summed E-state index contributed by atoms with van der Waals surface area (Å²) in [6.07, 6.45) is 0. The van der Waals surface area contributed by atoms with Crippen molar-refractivity contribution in [3.05, 3.63) is 63.9 Å². The molecule has 0 aromatic heterocycles. The molecule has 2 nitrogen and oxygen atoms in total. The van der Waals surface area contributed by atoms with Gasteiger partial charge < -0.3 is 10.2 Å². The van der Waals surface area contributed by atoms with Crippen LogP contribution in [0.5, 0.6) is 0 Å². The van der Waals surface area contributed by atoms with E-state index < -0.39 is 0 Å². The highest BCUT2D eigenvalue weighted by molar-refractivity contribution is 9.10. The van der Waals surface area contributed by atoms with Crippen LogP contribution in [0.3, 0.4) is 0 Å². The Morgan fingerprint density at radius 2 is 2.05 bits per heavy atom. The second-order valence-electron chi connectivity index (χ2n) is 4.96. The lowest BCUT2D eigenvalue weighted by molar-refractivity contribution is 0.623. The van der Waals surface area contributed by atoms with Crippen molar-refractivity contribution in [2.24, 2.45) is 0 Å². The number of anilines is 1. The third-order valence-corrected chi connectivity index (χ3v) is 4.35. The van der Waals surface area contributed by atoms with E-state index in [1.54, 1.807) is 12.1 Å². The number of nitrogens with zero attached hydrogens (tertiary/aromatic N) is 1. The minimum atomic E-state index is -0.190. The lowest BCUT2D eigenvalue weighted by Crippen LogP contribution is -2.28. The monoisotopic (exact) mass is 334 g/mol. The van der Waals surface area contributed by atoms with Gasteiger partial charge in [-0.25, -0.2) is 4.39 Å². The molecular weight excluding hydrogens is 319 g/mol. The summed E-state index contributed by atoms with van der Waals surface area (Å²) in [5.74, 6) is -0.190. The van der Waals surface area contributed by atoms with Crippen LogP contribution in [-0.2, 0) is 13.1 Å². The van der Waals surface area contributed by atoms with Gasteiger partial charge in [0.15, 0.2) is 0 Å². The van der Waals surface area contributed by atoms with E-state index in [4.69, 9.17) is 0 Å². The Hall–Kier alpha value is -1.39. The van der Waals surface area contributed by atoms with Crippen molar-refractivity contribution >= 4 is 21.6 Å². The van der Waals surface area contributed by atoms with E-state index >= 15 is 0 Å². The molecule has 1 heterocycles. The van der Waals surface area contributed by atoms with Crippen molar-refractivity contribution < 1.29 is 4.39 Å². The second-order valence-corrected chi connectivity index (χ2v) is 5.82. The van der Waals surface area contributed by atoms with Gasteiger partial charge in [-0.05, 0) is 35.4 Å². The van der Waals surface area contributed by atoms with Gasteiger partial charge in [0.25, 0.3) is 0 Å². The second kappa shape index (κ2) is 5.94. The molecule has 2 aromatic carbocycles. The molecule has 1 aliphatic rings. The highest BCUT2D eigenvalue weighted by Gasteiger charge is 2.15. The van der Waals surface area contributed by atoms with Crippen LogP contribution < -0.4 is 10.2 Å². The Labute approximate surface area is 126 Å². The van der Waals surface area contributed by atoms with Gasteiger partial charge in [0.2, 0.25) is 0 Å². The van der Waals surface area contributed by atoms with Gasteiger partial charge in [-0.3, -0.25) is 0 Å². The predicted molar refractivity (Wildman–Crippen MR) is 83.3 cm³/mol. The van der Waals surface area contributed by atoms with Crippen molar-refractivity contribution in [2.45, 2.75) is 13.1 Å². The zero-order valence-corrected chi connectivity index (χ0v) is 12.7. The third-order valence-electron chi connectivity index (χ3n) is 3.58. The first kappa shape index (κ1) is 13.6. The molecule has 0 aliphatic carbocycles. The van der Waals surface area contributed by atoms with E-state index in [1.165, 1.54) is 17.3 Å². The zero-order valence-electron chi connectivity index (χ0n) is 11.1. The fourth-order valence-corrected chi connectivity index (χ4v) is 2.93. The summed E-state index contributed by atoms with van der Waals surface area (Å²) in [4.78, 5) is 2.30. The van der Waals surface area contributed by atoms with E-state index in [1.807, 2.05) is 0 Å². The number of hydrogen-bond acceptors (Lipinski definition) is 2. The van der Waals surface area contributed by atoms with Crippen LogP contribution in [0.15, 0.2) is 46.9 Å². The molecule has 3 rings (SSSR count). The number of rotatable bonds is 2. The molecule has 1 aliphatic heterocycles. The minimum absolute atomic E-state index is 0.190. The Balaban J connectivity index is 1.92. The van der Waals surface area contributed by atoms with E-state index in [0.29, 0.717) is 6.54 Å². The van der Waals surface area contributed by atoms with Crippen LogP contribution in [0.2, 0.25) is 0 Å². The molecule has 104 valence electrons. The molecule has 0 amide bonds. The molecule has 0 unspecified atom stereocenters. The summed E-state index contributed by atoms with van der Waals surface area (Å²) in [6.45, 7) is 3.44. The maximum absolute atomic E-state index is 13.4. The predicted octanol–water partition coefficient (Wildman–Crippen LogP) is 3.70. The highest BCUT2D eigenvalue weighted by atomic mass is 79.9. The lowest BCUT2D eigenvalue weighted by atomic mass is 10.1. The van der Waals surface area contributed by atoms with E-state index in [2.05, 4.69) is 50.4 Å². The summed E-state index contributed by atoms with van der Waals surface area (Å²) >= 11 is 3.51. The molecule has 0 spiro atoms. The van der Waals surface area contributed by atoms with E-state index in [-0.39, 0.29) is 5.82 Å². The number of fused-ring (bicyclic) bond motifs is 1. The van der Waals surface area contributed by atoms with E-state index in [9.17, 15) is 4.39 Å². The maximum Gasteiger partial charge on any atom is 0.123 e. The maximum atomic E-state index is 13.4. The summed E-state index contributed by atoms with van der Waals surface area (Å²) in [6, 6.07) is 13.2. The van der Waals surface area contributed by atoms with Gasteiger partial charge in [-0.2, -0.15) is 0 Å². The smallest absolute Gasteiger partial charge is 0.123 e. The minimum Gasteiger partial charge on any atom is -0.366 e. The van der Waals surface area contributed by atoms with Crippen molar-refractivity contribution in [3.63, 3.8) is 0 Å². The average Bonchev–Trinajstić information content (AvgIpc) is 2.66. The molecule has 0 atom stereocenters. The highest BCUT2D eigenvalue weighted by Crippen LogP contribution is 2.26. The molecule has 2 aromatic rings. The average molecular weight is 335 g/mol. The summed E-state index contributed by atoms with van der Waals surface area (Å²) in [5.41, 5.74) is 3.49. The van der Waals surface area contributed by atoms with E-state index in [0.717, 1.165) is 29.7 Å². The molecule has 0 radical (unpaired) electrons.